The fraction of sp³-hybridized carbons (Fsp3) is 0.909. The summed E-state index contributed by atoms with van der Waals surface area (Å²) in [7, 11) is -0.769. The zero-order chi connectivity index (χ0) is 12.0. The van der Waals surface area contributed by atoms with Crippen LogP contribution in [0.1, 0.15) is 26.2 Å². The average molecular weight is 246 g/mol. The smallest absolute Gasteiger partial charge is 0.224 e. The molecule has 1 aliphatic rings. The van der Waals surface area contributed by atoms with Crippen LogP contribution in [0.25, 0.3) is 0 Å². The van der Waals surface area contributed by atoms with E-state index in [4.69, 9.17) is 0 Å². The van der Waals surface area contributed by atoms with Gasteiger partial charge in [-0.05, 0) is 32.7 Å². The van der Waals surface area contributed by atoms with Crippen LogP contribution in [0.4, 0.5) is 0 Å². The highest BCUT2D eigenvalue weighted by Gasteiger charge is 2.21. The Morgan fingerprint density at radius 3 is 2.94 bits per heavy atom. The molecule has 1 saturated heterocycles. The van der Waals surface area contributed by atoms with E-state index < -0.39 is 10.8 Å². The number of carbonyl (C=O) groups excluding carboxylic acids is 1. The zero-order valence-electron chi connectivity index (χ0n) is 10.1. The second-order valence-corrected chi connectivity index (χ2v) is 6.07. The number of nitrogens with one attached hydrogen (secondary N) is 2. The number of amides is 1. The highest BCUT2D eigenvalue weighted by atomic mass is 32.2. The molecule has 0 aromatic heterocycles. The molecule has 0 spiro atoms. The Labute approximate surface area is 100 Å². The van der Waals surface area contributed by atoms with Crippen molar-refractivity contribution in [2.24, 2.45) is 5.92 Å². The summed E-state index contributed by atoms with van der Waals surface area (Å²) in [5.41, 5.74) is 0. The van der Waals surface area contributed by atoms with E-state index in [1.165, 1.54) is 0 Å². The molecule has 1 heterocycles. The van der Waals surface area contributed by atoms with Crippen molar-refractivity contribution in [2.45, 2.75) is 32.2 Å². The molecule has 16 heavy (non-hydrogen) atoms. The first-order valence-electron chi connectivity index (χ1n) is 5.90. The van der Waals surface area contributed by atoms with Crippen molar-refractivity contribution >= 4 is 16.7 Å². The summed E-state index contributed by atoms with van der Waals surface area (Å²) < 4.78 is 10.9. The Kier molecular flexibility index (Phi) is 5.98. The maximum Gasteiger partial charge on any atom is 0.224 e. The van der Waals surface area contributed by atoms with Crippen molar-refractivity contribution in [3.05, 3.63) is 0 Å². The molecule has 3 atom stereocenters. The molecule has 5 heteroatoms. The lowest BCUT2D eigenvalue weighted by molar-refractivity contribution is -0.126. The molecular formula is C11H22N2O2S. The zero-order valence-corrected chi connectivity index (χ0v) is 10.9. The quantitative estimate of drug-likeness (QED) is 0.731. The van der Waals surface area contributed by atoms with Gasteiger partial charge in [-0.2, -0.15) is 0 Å². The summed E-state index contributed by atoms with van der Waals surface area (Å²) in [6.07, 6.45) is 4.53. The van der Waals surface area contributed by atoms with E-state index in [-0.39, 0.29) is 17.9 Å². The molecule has 4 nitrogen and oxygen atoms in total. The second-order valence-electron chi connectivity index (χ2n) is 4.52. The molecule has 2 unspecified atom stereocenters. The van der Waals surface area contributed by atoms with Gasteiger partial charge in [0.15, 0.2) is 0 Å². The summed E-state index contributed by atoms with van der Waals surface area (Å²) in [6, 6.07) is 0.123. The largest absolute Gasteiger partial charge is 0.353 e. The van der Waals surface area contributed by atoms with Crippen LogP contribution in [-0.4, -0.2) is 41.3 Å². The maximum absolute atomic E-state index is 11.8. The molecule has 0 aliphatic carbocycles. The normalized spacial score (nSPS) is 24.8. The monoisotopic (exact) mass is 246 g/mol. The van der Waals surface area contributed by atoms with E-state index in [0.717, 1.165) is 32.4 Å². The maximum atomic E-state index is 11.8. The molecule has 0 bridgehead atoms. The molecule has 1 amide bonds. The van der Waals surface area contributed by atoms with Gasteiger partial charge in [-0.15, -0.1) is 0 Å². The third kappa shape index (κ3) is 5.07. The second kappa shape index (κ2) is 7.01. The van der Waals surface area contributed by atoms with Crippen molar-refractivity contribution in [2.75, 3.05) is 25.1 Å². The van der Waals surface area contributed by atoms with Gasteiger partial charge >= 0.3 is 0 Å². The molecule has 0 aromatic rings. The van der Waals surface area contributed by atoms with Gasteiger partial charge in [0.2, 0.25) is 5.91 Å². The van der Waals surface area contributed by atoms with Gasteiger partial charge in [0.05, 0.1) is 5.92 Å². The Hall–Kier alpha value is -0.420. The SMILES string of the molecule is CC(CCS(C)=O)NC(=O)[C@H]1CCCNC1. The molecule has 0 saturated carbocycles. The minimum atomic E-state index is -0.769. The molecule has 0 aromatic carbocycles. The van der Waals surface area contributed by atoms with Gasteiger partial charge in [0, 0.05) is 35.4 Å². The standard InChI is InChI=1S/C11H22N2O2S/c1-9(5-7-16(2)15)13-11(14)10-4-3-6-12-8-10/h9-10,12H,3-8H2,1-2H3,(H,13,14)/t9?,10-,16?/m0/s1. The topological polar surface area (TPSA) is 58.2 Å². The van der Waals surface area contributed by atoms with Crippen LogP contribution in [-0.2, 0) is 15.6 Å². The predicted octanol–water partition coefficient (Wildman–Crippen LogP) is 0.259. The van der Waals surface area contributed by atoms with Gasteiger partial charge < -0.3 is 10.6 Å². The van der Waals surface area contributed by atoms with E-state index in [2.05, 4.69) is 10.6 Å². The van der Waals surface area contributed by atoms with Crippen LogP contribution >= 0.6 is 0 Å². The molecule has 94 valence electrons. The van der Waals surface area contributed by atoms with Crippen LogP contribution < -0.4 is 10.6 Å². The predicted molar refractivity (Wildman–Crippen MR) is 66.7 cm³/mol. The summed E-state index contributed by atoms with van der Waals surface area (Å²) >= 11 is 0. The third-order valence-corrected chi connectivity index (χ3v) is 3.71. The van der Waals surface area contributed by atoms with Crippen LogP contribution in [0.3, 0.4) is 0 Å². The van der Waals surface area contributed by atoms with Crippen LogP contribution in [0, 0.1) is 5.92 Å². The van der Waals surface area contributed by atoms with E-state index in [1.807, 2.05) is 6.92 Å². The Bertz CT molecular complexity index is 252. The Morgan fingerprint density at radius 1 is 1.62 bits per heavy atom. The first kappa shape index (κ1) is 13.6. The lowest BCUT2D eigenvalue weighted by Gasteiger charge is -2.23. The Balaban J connectivity index is 2.23. The minimum absolute atomic E-state index is 0.114. The molecule has 2 N–H and O–H groups in total. The van der Waals surface area contributed by atoms with Crippen molar-refractivity contribution in [3.63, 3.8) is 0 Å². The summed E-state index contributed by atoms with van der Waals surface area (Å²) in [5.74, 6) is 0.912. The summed E-state index contributed by atoms with van der Waals surface area (Å²) in [5, 5.41) is 6.22. The fourth-order valence-electron chi connectivity index (χ4n) is 1.85. The van der Waals surface area contributed by atoms with Crippen LogP contribution in [0.15, 0.2) is 0 Å². The van der Waals surface area contributed by atoms with Crippen LogP contribution in [0.2, 0.25) is 0 Å². The lowest BCUT2D eigenvalue weighted by Crippen LogP contribution is -2.43. The minimum Gasteiger partial charge on any atom is -0.353 e. The molecular weight excluding hydrogens is 224 g/mol. The van der Waals surface area contributed by atoms with E-state index >= 15 is 0 Å². The number of piperidine rings is 1. The highest BCUT2D eigenvalue weighted by molar-refractivity contribution is 7.84. The van der Waals surface area contributed by atoms with Gasteiger partial charge in [-0.1, -0.05) is 0 Å². The average Bonchev–Trinajstić information content (AvgIpc) is 2.27. The van der Waals surface area contributed by atoms with Crippen LogP contribution in [0.5, 0.6) is 0 Å². The van der Waals surface area contributed by atoms with E-state index in [9.17, 15) is 9.00 Å². The fourth-order valence-corrected chi connectivity index (χ4v) is 2.54. The van der Waals surface area contributed by atoms with Gasteiger partial charge in [0.25, 0.3) is 0 Å². The van der Waals surface area contributed by atoms with E-state index in [1.54, 1.807) is 6.26 Å². The molecule has 1 fully saturated rings. The third-order valence-electron chi connectivity index (χ3n) is 2.89. The van der Waals surface area contributed by atoms with Gasteiger partial charge in [-0.3, -0.25) is 9.00 Å². The summed E-state index contributed by atoms with van der Waals surface area (Å²) in [6.45, 7) is 3.79. The van der Waals surface area contributed by atoms with Crippen molar-refractivity contribution in [1.82, 2.24) is 10.6 Å². The van der Waals surface area contributed by atoms with Crippen molar-refractivity contribution < 1.29 is 9.00 Å². The number of rotatable bonds is 5. The first-order chi connectivity index (χ1) is 7.59. The first-order valence-corrected chi connectivity index (χ1v) is 7.63. The molecule has 1 aliphatic heterocycles. The van der Waals surface area contributed by atoms with Crippen molar-refractivity contribution in [1.29, 1.82) is 0 Å². The number of carbonyl (C=O) groups is 1. The molecule has 1 rings (SSSR count). The van der Waals surface area contributed by atoms with Gasteiger partial charge in [0.1, 0.15) is 0 Å². The number of hydrogen-bond donors (Lipinski definition) is 2. The highest BCUT2D eigenvalue weighted by Crippen LogP contribution is 2.10. The lowest BCUT2D eigenvalue weighted by atomic mass is 9.98. The van der Waals surface area contributed by atoms with Crippen molar-refractivity contribution in [3.8, 4) is 0 Å². The number of hydrogen-bond acceptors (Lipinski definition) is 3. The molecule has 0 radical (unpaired) electrons. The summed E-state index contributed by atoms with van der Waals surface area (Å²) in [4.78, 5) is 11.8. The Morgan fingerprint density at radius 2 is 2.38 bits per heavy atom. The van der Waals surface area contributed by atoms with E-state index in [0.29, 0.717) is 5.75 Å². The van der Waals surface area contributed by atoms with Gasteiger partial charge in [-0.25, -0.2) is 0 Å².